The van der Waals surface area contributed by atoms with E-state index < -0.39 is 12.6 Å². The summed E-state index contributed by atoms with van der Waals surface area (Å²) < 4.78 is 5.29. The molecule has 7 nitrogen and oxygen atoms in total. The number of carbonyl (C=O) groups excluding carboxylic acids is 2. The van der Waals surface area contributed by atoms with Gasteiger partial charge in [-0.25, -0.2) is 4.79 Å². The fourth-order valence-electron chi connectivity index (χ4n) is 2.44. The molecule has 0 bridgehead atoms. The predicted molar refractivity (Wildman–Crippen MR) is 98.2 cm³/mol. The number of anilines is 1. The highest BCUT2D eigenvalue weighted by Crippen LogP contribution is 2.31. The zero-order chi connectivity index (χ0) is 18.9. The molecule has 7 heteroatoms. The molecule has 0 aliphatic rings. The maximum absolute atomic E-state index is 12.1. The molecule has 2 aromatic carbocycles. The van der Waals surface area contributed by atoms with Gasteiger partial charge < -0.3 is 20.5 Å². The van der Waals surface area contributed by atoms with Crippen LogP contribution < -0.4 is 15.4 Å². The summed E-state index contributed by atoms with van der Waals surface area (Å²) in [6.45, 7) is 2.12. The first kappa shape index (κ1) is 19.2. The highest BCUT2D eigenvalue weighted by atomic mass is 16.5. The second kappa shape index (κ2) is 9.41. The van der Waals surface area contributed by atoms with Gasteiger partial charge in [-0.3, -0.25) is 9.59 Å². The van der Waals surface area contributed by atoms with Crippen molar-refractivity contribution in [2.45, 2.75) is 26.2 Å². The number of hydrogen-bond acceptors (Lipinski definition) is 4. The van der Waals surface area contributed by atoms with Gasteiger partial charge in [0.25, 0.3) is 0 Å². The standard InChI is InChI=1S/C19H22N2O5/c1-2-11-20-17(22)9-10-18(23)21-15-7-8-16(26-12-19(24)25)14-6-4-3-5-13(14)15/h3-8H,2,9-12H2,1H3,(H,20,22)(H,21,23)(H,24,25). The van der Waals surface area contributed by atoms with Gasteiger partial charge in [0, 0.05) is 35.8 Å². The van der Waals surface area contributed by atoms with E-state index in [4.69, 9.17) is 9.84 Å². The zero-order valence-corrected chi connectivity index (χ0v) is 14.6. The van der Waals surface area contributed by atoms with Gasteiger partial charge in [0.15, 0.2) is 6.61 Å². The lowest BCUT2D eigenvalue weighted by Gasteiger charge is -2.12. The molecule has 2 aromatic rings. The average molecular weight is 358 g/mol. The van der Waals surface area contributed by atoms with Crippen LogP contribution in [0.5, 0.6) is 5.75 Å². The summed E-state index contributed by atoms with van der Waals surface area (Å²) in [5.74, 6) is -1.04. The summed E-state index contributed by atoms with van der Waals surface area (Å²) >= 11 is 0. The van der Waals surface area contributed by atoms with Gasteiger partial charge in [-0.2, -0.15) is 0 Å². The summed E-state index contributed by atoms with van der Waals surface area (Å²) in [4.78, 5) is 34.4. The number of ether oxygens (including phenoxy) is 1. The SMILES string of the molecule is CCCNC(=O)CCC(=O)Nc1ccc(OCC(=O)O)c2ccccc12. The Morgan fingerprint density at radius 3 is 2.38 bits per heavy atom. The van der Waals surface area contributed by atoms with Crippen molar-refractivity contribution in [3.8, 4) is 5.75 Å². The zero-order valence-electron chi connectivity index (χ0n) is 14.6. The quantitative estimate of drug-likeness (QED) is 0.639. The lowest BCUT2D eigenvalue weighted by Crippen LogP contribution is -2.25. The molecule has 3 N–H and O–H groups in total. The van der Waals surface area contributed by atoms with Crippen LogP contribution >= 0.6 is 0 Å². The van der Waals surface area contributed by atoms with Crippen molar-refractivity contribution in [3.63, 3.8) is 0 Å². The van der Waals surface area contributed by atoms with Crippen LogP contribution in [0.4, 0.5) is 5.69 Å². The molecular formula is C19H22N2O5. The monoisotopic (exact) mass is 358 g/mol. The van der Waals surface area contributed by atoms with E-state index in [1.54, 1.807) is 24.3 Å². The smallest absolute Gasteiger partial charge is 0.341 e. The normalized spacial score (nSPS) is 10.3. The molecule has 0 atom stereocenters. The lowest BCUT2D eigenvalue weighted by molar-refractivity contribution is -0.139. The van der Waals surface area contributed by atoms with Crippen LogP contribution in [-0.4, -0.2) is 36.0 Å². The van der Waals surface area contributed by atoms with Crippen molar-refractivity contribution >= 4 is 34.2 Å². The van der Waals surface area contributed by atoms with Crippen molar-refractivity contribution in [1.29, 1.82) is 0 Å². The number of nitrogens with one attached hydrogen (secondary N) is 2. The molecule has 0 saturated heterocycles. The number of carbonyl (C=O) groups is 3. The third-order valence-electron chi connectivity index (χ3n) is 3.66. The van der Waals surface area contributed by atoms with Gasteiger partial charge in [0.2, 0.25) is 11.8 Å². The molecule has 2 rings (SSSR count). The van der Waals surface area contributed by atoms with Crippen LogP contribution in [0.2, 0.25) is 0 Å². The Morgan fingerprint density at radius 1 is 1.00 bits per heavy atom. The molecule has 0 aliphatic carbocycles. The van der Waals surface area contributed by atoms with Gasteiger partial charge in [-0.05, 0) is 18.6 Å². The minimum absolute atomic E-state index is 0.0845. The van der Waals surface area contributed by atoms with Crippen molar-refractivity contribution in [2.75, 3.05) is 18.5 Å². The van der Waals surface area contributed by atoms with Crippen molar-refractivity contribution in [2.24, 2.45) is 0 Å². The van der Waals surface area contributed by atoms with Crippen molar-refractivity contribution in [1.82, 2.24) is 5.32 Å². The van der Waals surface area contributed by atoms with Crippen LogP contribution in [0, 0.1) is 0 Å². The maximum atomic E-state index is 12.1. The van der Waals surface area contributed by atoms with Crippen LogP contribution in [0.25, 0.3) is 10.8 Å². The first-order valence-corrected chi connectivity index (χ1v) is 8.44. The minimum atomic E-state index is -1.06. The fraction of sp³-hybridized carbons (Fsp3) is 0.316. The third kappa shape index (κ3) is 5.47. The maximum Gasteiger partial charge on any atom is 0.341 e. The molecule has 26 heavy (non-hydrogen) atoms. The van der Waals surface area contributed by atoms with E-state index in [1.165, 1.54) is 0 Å². The predicted octanol–water partition coefficient (Wildman–Crippen LogP) is 2.55. The number of carboxylic acid groups (broad SMARTS) is 1. The second-order valence-electron chi connectivity index (χ2n) is 5.74. The molecule has 0 heterocycles. The highest BCUT2D eigenvalue weighted by Gasteiger charge is 2.11. The van der Waals surface area contributed by atoms with E-state index in [0.29, 0.717) is 23.4 Å². The second-order valence-corrected chi connectivity index (χ2v) is 5.74. The Bertz CT molecular complexity index is 804. The number of benzene rings is 2. The van der Waals surface area contributed by atoms with Crippen LogP contribution in [0.3, 0.4) is 0 Å². The van der Waals surface area contributed by atoms with Gasteiger partial charge in [0.1, 0.15) is 5.75 Å². The summed E-state index contributed by atoms with van der Waals surface area (Å²) in [6, 6.07) is 10.5. The molecule has 2 amide bonds. The molecule has 0 unspecified atom stereocenters. The Kier molecular flexibility index (Phi) is 6.96. The van der Waals surface area contributed by atoms with Crippen LogP contribution in [0.1, 0.15) is 26.2 Å². The topological polar surface area (TPSA) is 105 Å². The van der Waals surface area contributed by atoms with E-state index in [1.807, 2.05) is 19.1 Å². The van der Waals surface area contributed by atoms with Gasteiger partial charge in [-0.1, -0.05) is 31.2 Å². The first-order chi connectivity index (χ1) is 12.5. The number of aliphatic carboxylic acids is 1. The van der Waals surface area contributed by atoms with Crippen molar-refractivity contribution in [3.05, 3.63) is 36.4 Å². The lowest BCUT2D eigenvalue weighted by atomic mass is 10.1. The van der Waals surface area contributed by atoms with E-state index in [-0.39, 0.29) is 24.7 Å². The summed E-state index contributed by atoms with van der Waals surface area (Å²) in [5.41, 5.74) is 0.585. The molecule has 0 aliphatic heterocycles. The van der Waals surface area contributed by atoms with E-state index in [2.05, 4.69) is 10.6 Å². The fourth-order valence-corrected chi connectivity index (χ4v) is 2.44. The number of carboxylic acids is 1. The van der Waals surface area contributed by atoms with E-state index >= 15 is 0 Å². The number of amides is 2. The number of rotatable bonds is 9. The summed E-state index contributed by atoms with van der Waals surface area (Å²) in [5, 5.41) is 15.7. The molecule has 0 spiro atoms. The largest absolute Gasteiger partial charge is 0.481 e. The molecule has 0 saturated carbocycles. The molecular weight excluding hydrogens is 336 g/mol. The Morgan fingerprint density at radius 2 is 1.69 bits per heavy atom. The summed E-state index contributed by atoms with van der Waals surface area (Å²) in [6.07, 6.45) is 1.06. The molecule has 0 aromatic heterocycles. The van der Waals surface area contributed by atoms with Gasteiger partial charge in [0.05, 0.1) is 0 Å². The van der Waals surface area contributed by atoms with Gasteiger partial charge in [-0.15, -0.1) is 0 Å². The van der Waals surface area contributed by atoms with E-state index in [9.17, 15) is 14.4 Å². The van der Waals surface area contributed by atoms with Crippen LogP contribution in [-0.2, 0) is 14.4 Å². The van der Waals surface area contributed by atoms with E-state index in [0.717, 1.165) is 11.8 Å². The molecule has 0 fully saturated rings. The molecule has 0 radical (unpaired) electrons. The Labute approximate surface area is 151 Å². The average Bonchev–Trinajstić information content (AvgIpc) is 2.64. The molecule has 138 valence electrons. The Balaban J connectivity index is 2.07. The van der Waals surface area contributed by atoms with Crippen LogP contribution in [0.15, 0.2) is 36.4 Å². The first-order valence-electron chi connectivity index (χ1n) is 8.44. The van der Waals surface area contributed by atoms with Gasteiger partial charge >= 0.3 is 5.97 Å². The van der Waals surface area contributed by atoms with Crippen molar-refractivity contribution < 1.29 is 24.2 Å². The summed E-state index contributed by atoms with van der Waals surface area (Å²) in [7, 11) is 0. The number of fused-ring (bicyclic) bond motifs is 1. The number of hydrogen-bond donors (Lipinski definition) is 3. The highest BCUT2D eigenvalue weighted by molar-refractivity contribution is 6.04. The minimum Gasteiger partial charge on any atom is -0.481 e. The Hall–Kier alpha value is -3.09. The third-order valence-corrected chi connectivity index (χ3v) is 3.66.